The maximum Gasteiger partial charge on any atom is 0.300 e. The number of hydrogen-bond donors (Lipinski definition) is 1. The second-order valence-electron chi connectivity index (χ2n) is 7.97. The molecule has 140 valence electrons. The zero-order valence-electron chi connectivity index (χ0n) is 15.9. The summed E-state index contributed by atoms with van der Waals surface area (Å²) in [6, 6.07) is 10.9. The van der Waals surface area contributed by atoms with Crippen molar-refractivity contribution in [2.75, 3.05) is 5.32 Å². The van der Waals surface area contributed by atoms with E-state index in [9.17, 15) is 4.79 Å². The van der Waals surface area contributed by atoms with Gasteiger partial charge in [0, 0.05) is 13.0 Å². The van der Waals surface area contributed by atoms with E-state index < -0.39 is 0 Å². The molecule has 0 bridgehead atoms. The van der Waals surface area contributed by atoms with E-state index in [1.165, 1.54) is 12.0 Å². The van der Waals surface area contributed by atoms with Crippen LogP contribution in [0.3, 0.4) is 0 Å². The molecule has 27 heavy (non-hydrogen) atoms. The van der Waals surface area contributed by atoms with Crippen molar-refractivity contribution >= 4 is 17.1 Å². The van der Waals surface area contributed by atoms with Crippen LogP contribution in [0.5, 0.6) is 0 Å². The molecule has 0 spiro atoms. The maximum atomic E-state index is 12.9. The molecular weight excluding hydrogens is 338 g/mol. The Bertz CT molecular complexity index is 1050. The topological polar surface area (TPSA) is 64.7 Å². The molecule has 2 aliphatic rings. The van der Waals surface area contributed by atoms with Crippen LogP contribution in [-0.4, -0.2) is 25.1 Å². The fourth-order valence-electron chi connectivity index (χ4n) is 4.78. The Balaban J connectivity index is 1.68. The van der Waals surface area contributed by atoms with Gasteiger partial charge in [0.15, 0.2) is 11.2 Å². The largest absolute Gasteiger partial charge is 0.351 e. The summed E-state index contributed by atoms with van der Waals surface area (Å²) in [5, 5.41) is 3.50. The standard InChI is InChI=1S/C21H25N5O/c1-3-17-23-19-18(25(17)12-14-7-5-4-6-8-14)20(27)24-21-22-15-11-13(2)9-10-16(15)26(19)21/h4-8,13,15-16H,3,9-12H2,1-2H3,(H,22,24,27)/t13?,15-,16+/m1/s1. The Hall–Kier alpha value is -2.63. The molecule has 0 radical (unpaired) electrons. The number of aryl methyl sites for hydroxylation is 1. The van der Waals surface area contributed by atoms with Crippen molar-refractivity contribution in [2.45, 2.75) is 58.2 Å². The molecule has 6 heteroatoms. The minimum Gasteiger partial charge on any atom is -0.351 e. The van der Waals surface area contributed by atoms with Crippen molar-refractivity contribution in [3.8, 4) is 0 Å². The fourth-order valence-corrected chi connectivity index (χ4v) is 4.78. The lowest BCUT2D eigenvalue weighted by Crippen LogP contribution is -2.29. The molecule has 3 aromatic rings. The maximum absolute atomic E-state index is 12.9. The van der Waals surface area contributed by atoms with Gasteiger partial charge in [-0.15, -0.1) is 0 Å². The van der Waals surface area contributed by atoms with Crippen LogP contribution in [0.4, 0.5) is 5.95 Å². The minimum absolute atomic E-state index is 0.182. The lowest BCUT2D eigenvalue weighted by Gasteiger charge is -2.29. The van der Waals surface area contributed by atoms with Crippen molar-refractivity contribution in [1.82, 2.24) is 19.1 Å². The number of benzene rings is 1. The van der Waals surface area contributed by atoms with E-state index >= 15 is 0 Å². The van der Waals surface area contributed by atoms with E-state index in [2.05, 4.69) is 45.4 Å². The van der Waals surface area contributed by atoms with Gasteiger partial charge >= 0.3 is 5.56 Å². The molecule has 1 fully saturated rings. The van der Waals surface area contributed by atoms with Gasteiger partial charge in [-0.1, -0.05) is 44.2 Å². The van der Waals surface area contributed by atoms with Crippen molar-refractivity contribution in [3.63, 3.8) is 0 Å². The van der Waals surface area contributed by atoms with Crippen LogP contribution >= 0.6 is 0 Å². The monoisotopic (exact) mass is 363 g/mol. The molecule has 0 saturated heterocycles. The van der Waals surface area contributed by atoms with Gasteiger partial charge in [-0.05, 0) is 30.7 Å². The number of rotatable bonds is 3. The zero-order chi connectivity index (χ0) is 18.5. The zero-order valence-corrected chi connectivity index (χ0v) is 15.9. The Kier molecular flexibility index (Phi) is 3.81. The summed E-state index contributed by atoms with van der Waals surface area (Å²) in [5.74, 6) is 2.35. The SMILES string of the molecule is CCc1nc2c(c(=O)nc3n2[C@H]2CCC(C)C[C@H]2N3)n1Cc1ccccc1. The average molecular weight is 363 g/mol. The number of hydrogen-bond acceptors (Lipinski definition) is 4. The number of nitrogens with one attached hydrogen (secondary N) is 1. The second-order valence-corrected chi connectivity index (χ2v) is 7.97. The number of fused-ring (bicyclic) bond motifs is 5. The molecule has 5 rings (SSSR count). The Labute approximate surface area is 158 Å². The van der Waals surface area contributed by atoms with Gasteiger partial charge in [0.25, 0.3) is 0 Å². The van der Waals surface area contributed by atoms with Crippen molar-refractivity contribution in [1.29, 1.82) is 0 Å². The Morgan fingerprint density at radius 1 is 1.19 bits per heavy atom. The smallest absolute Gasteiger partial charge is 0.300 e. The van der Waals surface area contributed by atoms with Gasteiger partial charge in [0.1, 0.15) is 5.82 Å². The first-order valence-corrected chi connectivity index (χ1v) is 9.97. The summed E-state index contributed by atoms with van der Waals surface area (Å²) in [6.45, 7) is 5.04. The van der Waals surface area contributed by atoms with Crippen molar-refractivity contribution in [3.05, 3.63) is 52.1 Å². The van der Waals surface area contributed by atoms with Crippen LogP contribution in [0, 0.1) is 5.92 Å². The van der Waals surface area contributed by atoms with E-state index in [-0.39, 0.29) is 5.56 Å². The summed E-state index contributed by atoms with van der Waals surface area (Å²) in [5.41, 5.74) is 2.42. The Morgan fingerprint density at radius 2 is 2.00 bits per heavy atom. The molecule has 1 aliphatic heterocycles. The third kappa shape index (κ3) is 2.58. The lowest BCUT2D eigenvalue weighted by atomic mass is 9.84. The summed E-state index contributed by atoms with van der Waals surface area (Å²) in [7, 11) is 0. The fraction of sp³-hybridized carbons (Fsp3) is 0.476. The average Bonchev–Trinajstić information content (AvgIpc) is 3.20. The van der Waals surface area contributed by atoms with Gasteiger partial charge in [-0.25, -0.2) is 4.98 Å². The van der Waals surface area contributed by atoms with E-state index in [4.69, 9.17) is 4.98 Å². The molecule has 1 unspecified atom stereocenters. The highest BCUT2D eigenvalue weighted by atomic mass is 16.1. The van der Waals surface area contributed by atoms with E-state index in [0.29, 0.717) is 36.0 Å². The predicted molar refractivity (Wildman–Crippen MR) is 106 cm³/mol. The minimum atomic E-state index is -0.182. The van der Waals surface area contributed by atoms with Gasteiger partial charge in [-0.2, -0.15) is 4.98 Å². The van der Waals surface area contributed by atoms with Crippen LogP contribution in [0.1, 0.15) is 50.5 Å². The number of nitrogens with zero attached hydrogens (tertiary/aromatic N) is 4. The van der Waals surface area contributed by atoms with Crippen LogP contribution in [-0.2, 0) is 13.0 Å². The van der Waals surface area contributed by atoms with E-state index in [1.807, 2.05) is 18.2 Å². The van der Waals surface area contributed by atoms with Gasteiger partial charge < -0.3 is 9.88 Å². The third-order valence-corrected chi connectivity index (χ3v) is 6.12. The molecule has 1 saturated carbocycles. The van der Waals surface area contributed by atoms with Crippen molar-refractivity contribution in [2.24, 2.45) is 5.92 Å². The molecular formula is C21H25N5O. The van der Waals surface area contributed by atoms with Gasteiger partial charge in [0.2, 0.25) is 5.95 Å². The van der Waals surface area contributed by atoms with Crippen LogP contribution in [0.15, 0.2) is 35.1 Å². The highest BCUT2D eigenvalue weighted by Gasteiger charge is 2.38. The highest BCUT2D eigenvalue weighted by molar-refractivity contribution is 5.74. The molecule has 3 atom stereocenters. The van der Waals surface area contributed by atoms with Crippen LogP contribution in [0.25, 0.3) is 11.2 Å². The highest BCUT2D eigenvalue weighted by Crippen LogP contribution is 2.41. The molecule has 3 heterocycles. The first kappa shape index (κ1) is 16.5. The number of aromatic nitrogens is 4. The molecule has 1 N–H and O–H groups in total. The normalized spacial score (nSPS) is 23.9. The quantitative estimate of drug-likeness (QED) is 0.775. The number of anilines is 1. The third-order valence-electron chi connectivity index (χ3n) is 6.12. The van der Waals surface area contributed by atoms with Crippen molar-refractivity contribution < 1.29 is 0 Å². The van der Waals surface area contributed by atoms with E-state index in [1.54, 1.807) is 0 Å². The molecule has 1 aliphatic carbocycles. The summed E-state index contributed by atoms with van der Waals surface area (Å²) in [6.07, 6.45) is 4.23. The van der Waals surface area contributed by atoms with Crippen LogP contribution < -0.4 is 10.9 Å². The summed E-state index contributed by atoms with van der Waals surface area (Å²) in [4.78, 5) is 22.3. The van der Waals surface area contributed by atoms with Crippen LogP contribution in [0.2, 0.25) is 0 Å². The lowest BCUT2D eigenvalue weighted by molar-refractivity contribution is 0.290. The first-order chi connectivity index (χ1) is 13.2. The Morgan fingerprint density at radius 3 is 2.78 bits per heavy atom. The second kappa shape index (κ2) is 6.22. The first-order valence-electron chi connectivity index (χ1n) is 9.97. The summed E-state index contributed by atoms with van der Waals surface area (Å²) >= 11 is 0. The molecule has 6 nitrogen and oxygen atoms in total. The molecule has 2 aromatic heterocycles. The number of imidazole rings is 1. The molecule has 0 amide bonds. The molecule has 1 aromatic carbocycles. The van der Waals surface area contributed by atoms with Gasteiger partial charge in [0.05, 0.1) is 12.1 Å². The van der Waals surface area contributed by atoms with Gasteiger partial charge in [-0.3, -0.25) is 9.36 Å². The predicted octanol–water partition coefficient (Wildman–Crippen LogP) is 3.36. The van der Waals surface area contributed by atoms with E-state index in [0.717, 1.165) is 30.7 Å². The summed E-state index contributed by atoms with van der Waals surface area (Å²) < 4.78 is 4.26.